The van der Waals surface area contributed by atoms with E-state index in [1.54, 1.807) is 0 Å². The number of halogens is 1. The van der Waals surface area contributed by atoms with Gasteiger partial charge in [0, 0.05) is 16.6 Å². The van der Waals surface area contributed by atoms with E-state index in [-0.39, 0.29) is 12.5 Å². The number of nitrogens with zero attached hydrogens (tertiary/aromatic N) is 2. The Bertz CT molecular complexity index is 1050. The van der Waals surface area contributed by atoms with Crippen LogP contribution in [0.3, 0.4) is 0 Å². The Kier molecular flexibility index (Phi) is 5.95. The smallest absolute Gasteiger partial charge is 0.259 e. The molecule has 5 nitrogen and oxygen atoms in total. The van der Waals surface area contributed by atoms with Crippen molar-refractivity contribution in [1.82, 2.24) is 10.4 Å². The zero-order valence-electron chi connectivity index (χ0n) is 16.4. The lowest BCUT2D eigenvalue weighted by molar-refractivity contribution is -0.119. The number of para-hydroxylation sites is 1. The topological polar surface area (TPSA) is 66.4 Å². The third kappa shape index (κ3) is 4.49. The summed E-state index contributed by atoms with van der Waals surface area (Å²) in [6, 6.07) is 12.0. The second kappa shape index (κ2) is 8.40. The summed E-state index contributed by atoms with van der Waals surface area (Å²) in [6.07, 6.45) is 1.51. The van der Waals surface area contributed by atoms with Gasteiger partial charge >= 0.3 is 0 Å². The Morgan fingerprint density at radius 3 is 2.54 bits per heavy atom. The molecule has 1 heterocycles. The fourth-order valence-electron chi connectivity index (χ4n) is 3.27. The van der Waals surface area contributed by atoms with Gasteiger partial charge < -0.3 is 5.32 Å². The van der Waals surface area contributed by atoms with E-state index < -0.39 is 0 Å². The first-order valence-electron chi connectivity index (χ1n) is 9.04. The van der Waals surface area contributed by atoms with E-state index in [0.717, 1.165) is 33.3 Å². The number of nitrogens with one attached hydrogen (secondary N) is 2. The SMILES string of the molecule is Cc1cc(C)c(NCC(=O)N/N=C\c2cc3cccc(C)c3nc2Cl)c(C)c1. The summed E-state index contributed by atoms with van der Waals surface area (Å²) < 4.78 is 0. The maximum Gasteiger partial charge on any atom is 0.259 e. The minimum Gasteiger partial charge on any atom is -0.376 e. The molecule has 0 bridgehead atoms. The second-order valence-electron chi connectivity index (χ2n) is 6.94. The van der Waals surface area contributed by atoms with Gasteiger partial charge in [-0.15, -0.1) is 0 Å². The molecule has 144 valence electrons. The lowest BCUT2D eigenvalue weighted by Gasteiger charge is -2.13. The molecule has 1 amide bonds. The zero-order chi connectivity index (χ0) is 20.3. The molecule has 3 rings (SSSR count). The number of aromatic nitrogens is 1. The number of aryl methyl sites for hydroxylation is 4. The summed E-state index contributed by atoms with van der Waals surface area (Å²) in [5.41, 5.74) is 9.49. The lowest BCUT2D eigenvalue weighted by atomic mass is 10.1. The molecule has 0 saturated carbocycles. The minimum atomic E-state index is -0.239. The van der Waals surface area contributed by atoms with E-state index in [1.807, 2.05) is 45.0 Å². The van der Waals surface area contributed by atoms with Gasteiger partial charge in [0.1, 0.15) is 5.15 Å². The molecule has 1 aromatic heterocycles. The number of fused-ring (bicyclic) bond motifs is 1. The average Bonchev–Trinajstić information content (AvgIpc) is 2.62. The van der Waals surface area contributed by atoms with Crippen molar-refractivity contribution >= 4 is 40.3 Å². The van der Waals surface area contributed by atoms with Gasteiger partial charge in [-0.05, 0) is 50.5 Å². The predicted molar refractivity (Wildman–Crippen MR) is 116 cm³/mol. The second-order valence-corrected chi connectivity index (χ2v) is 7.29. The molecular formula is C22H23ClN4O. The van der Waals surface area contributed by atoms with Crippen LogP contribution in [-0.2, 0) is 4.79 Å². The van der Waals surface area contributed by atoms with Gasteiger partial charge in [-0.2, -0.15) is 5.10 Å². The van der Waals surface area contributed by atoms with Crippen LogP contribution in [0.1, 0.15) is 27.8 Å². The number of benzene rings is 2. The quantitative estimate of drug-likeness (QED) is 0.375. The number of carbonyl (C=O) groups excluding carboxylic acids is 1. The Balaban J connectivity index is 1.64. The van der Waals surface area contributed by atoms with Crippen LogP contribution >= 0.6 is 11.6 Å². The highest BCUT2D eigenvalue weighted by molar-refractivity contribution is 6.32. The molecule has 0 atom stereocenters. The highest BCUT2D eigenvalue weighted by Crippen LogP contribution is 2.22. The van der Waals surface area contributed by atoms with Gasteiger partial charge in [-0.3, -0.25) is 4.79 Å². The Labute approximate surface area is 169 Å². The van der Waals surface area contributed by atoms with Crippen LogP contribution in [0.15, 0.2) is 41.5 Å². The van der Waals surface area contributed by atoms with Crippen LogP contribution in [-0.4, -0.2) is 23.7 Å². The number of hydrogen-bond donors (Lipinski definition) is 2. The summed E-state index contributed by atoms with van der Waals surface area (Å²) in [6.45, 7) is 8.22. The third-order valence-corrected chi connectivity index (χ3v) is 4.83. The van der Waals surface area contributed by atoms with Crippen molar-refractivity contribution < 1.29 is 4.79 Å². The minimum absolute atomic E-state index is 0.130. The number of carbonyl (C=O) groups is 1. The van der Waals surface area contributed by atoms with Crippen LogP contribution in [0.2, 0.25) is 5.15 Å². The summed E-state index contributed by atoms with van der Waals surface area (Å²) in [5, 5.41) is 8.52. The van der Waals surface area contributed by atoms with Gasteiger partial charge in [0.05, 0.1) is 18.3 Å². The molecule has 0 saturated heterocycles. The maximum atomic E-state index is 12.1. The van der Waals surface area contributed by atoms with Crippen LogP contribution in [0.5, 0.6) is 0 Å². The molecule has 6 heteroatoms. The molecule has 0 aliphatic heterocycles. The van der Waals surface area contributed by atoms with Gasteiger partial charge in [0.15, 0.2) is 0 Å². The lowest BCUT2D eigenvalue weighted by Crippen LogP contribution is -2.26. The van der Waals surface area contributed by atoms with Gasteiger partial charge in [0.2, 0.25) is 0 Å². The highest BCUT2D eigenvalue weighted by Gasteiger charge is 2.07. The van der Waals surface area contributed by atoms with Crippen molar-refractivity contribution in [1.29, 1.82) is 0 Å². The van der Waals surface area contributed by atoms with E-state index in [1.165, 1.54) is 11.8 Å². The molecule has 2 N–H and O–H groups in total. The molecule has 0 aliphatic carbocycles. The van der Waals surface area contributed by atoms with Gasteiger partial charge in [0.25, 0.3) is 5.91 Å². The van der Waals surface area contributed by atoms with Gasteiger partial charge in [-0.1, -0.05) is 47.5 Å². The number of amides is 1. The molecule has 0 radical (unpaired) electrons. The largest absolute Gasteiger partial charge is 0.376 e. The van der Waals surface area contributed by atoms with E-state index in [9.17, 15) is 4.79 Å². The van der Waals surface area contributed by atoms with Crippen molar-refractivity contribution in [2.75, 3.05) is 11.9 Å². The predicted octanol–water partition coefficient (Wildman–Crippen LogP) is 4.68. The zero-order valence-corrected chi connectivity index (χ0v) is 17.2. The first-order valence-corrected chi connectivity index (χ1v) is 9.42. The maximum absolute atomic E-state index is 12.1. The van der Waals surface area contributed by atoms with Gasteiger partial charge in [-0.25, -0.2) is 10.4 Å². The first kappa shape index (κ1) is 19.8. The summed E-state index contributed by atoms with van der Waals surface area (Å²) in [7, 11) is 0. The summed E-state index contributed by atoms with van der Waals surface area (Å²) in [5.74, 6) is -0.239. The van der Waals surface area contributed by atoms with Crippen molar-refractivity contribution in [2.45, 2.75) is 27.7 Å². The molecule has 0 spiro atoms. The van der Waals surface area contributed by atoms with Crippen molar-refractivity contribution in [3.05, 3.63) is 69.4 Å². The van der Waals surface area contributed by atoms with Crippen LogP contribution in [0.4, 0.5) is 5.69 Å². The van der Waals surface area contributed by atoms with Crippen molar-refractivity contribution in [3.8, 4) is 0 Å². The monoisotopic (exact) mass is 394 g/mol. The number of anilines is 1. The molecular weight excluding hydrogens is 372 g/mol. The molecule has 2 aromatic carbocycles. The third-order valence-electron chi connectivity index (χ3n) is 4.52. The first-order chi connectivity index (χ1) is 13.3. The number of rotatable bonds is 5. The average molecular weight is 395 g/mol. The number of hydrazone groups is 1. The van der Waals surface area contributed by atoms with Crippen molar-refractivity contribution in [3.63, 3.8) is 0 Å². The summed E-state index contributed by atoms with van der Waals surface area (Å²) in [4.78, 5) is 16.5. The Morgan fingerprint density at radius 1 is 1.11 bits per heavy atom. The van der Waals surface area contributed by atoms with Crippen LogP contribution in [0, 0.1) is 27.7 Å². The number of pyridine rings is 1. The molecule has 28 heavy (non-hydrogen) atoms. The summed E-state index contributed by atoms with van der Waals surface area (Å²) >= 11 is 6.25. The van der Waals surface area contributed by atoms with E-state index in [4.69, 9.17) is 11.6 Å². The van der Waals surface area contributed by atoms with E-state index in [2.05, 4.69) is 39.9 Å². The van der Waals surface area contributed by atoms with Crippen molar-refractivity contribution in [2.24, 2.45) is 5.10 Å². The standard InChI is InChI=1S/C22H23ClN4O/c1-13-8-15(3)20(16(4)9-13)24-12-19(28)27-25-11-18-10-17-7-5-6-14(2)21(17)26-22(18)23/h5-11,24H,12H2,1-4H3,(H,27,28)/b25-11-. The van der Waals surface area contributed by atoms with E-state index >= 15 is 0 Å². The molecule has 3 aromatic rings. The Hall–Kier alpha value is -2.92. The molecule has 0 fully saturated rings. The Morgan fingerprint density at radius 2 is 1.82 bits per heavy atom. The fraction of sp³-hybridized carbons (Fsp3) is 0.227. The van der Waals surface area contributed by atoms with Crippen LogP contribution < -0.4 is 10.7 Å². The van der Waals surface area contributed by atoms with E-state index in [0.29, 0.717) is 10.7 Å². The normalized spacial score (nSPS) is 11.2. The molecule has 0 unspecified atom stereocenters. The van der Waals surface area contributed by atoms with Crippen LogP contribution in [0.25, 0.3) is 10.9 Å². The fourth-order valence-corrected chi connectivity index (χ4v) is 3.46. The molecule has 0 aliphatic rings. The highest BCUT2D eigenvalue weighted by atomic mass is 35.5. The number of hydrogen-bond acceptors (Lipinski definition) is 4.